The molecule has 8 heteroatoms. The van der Waals surface area contributed by atoms with Gasteiger partial charge in [0, 0.05) is 23.6 Å². The number of anilines is 1. The fourth-order valence-corrected chi connectivity index (χ4v) is 4.78. The van der Waals surface area contributed by atoms with Crippen molar-refractivity contribution in [2.75, 3.05) is 37.8 Å². The smallest absolute Gasteiger partial charge is 0.229 e. The molecule has 4 nitrogen and oxygen atoms in total. The molecule has 0 bridgehead atoms. The lowest BCUT2D eigenvalue weighted by Gasteiger charge is -2.21. The molecule has 30 heavy (non-hydrogen) atoms. The van der Waals surface area contributed by atoms with Crippen LogP contribution < -0.4 is 4.90 Å². The number of amides is 1. The molecule has 1 heterocycles. The summed E-state index contributed by atoms with van der Waals surface area (Å²) in [5.74, 6) is 0.383. The number of thiazole rings is 1. The molecule has 0 unspecified atom stereocenters. The van der Waals surface area contributed by atoms with Crippen molar-refractivity contribution < 1.29 is 9.18 Å². The summed E-state index contributed by atoms with van der Waals surface area (Å²) in [7, 11) is 4.02. The molecule has 0 aliphatic rings. The standard InChI is InChI=1S/C22H26FN3OS2.ClH/c1-16-8-10-17(11-9-16)28-15-12-20(27)26(14-5-13-25(2)3)22-24-21-18(23)6-4-7-19(21)29-22;/h4,6-11H,5,12-15H2,1-3H3;1H. The first-order valence-electron chi connectivity index (χ1n) is 9.63. The molecule has 0 saturated carbocycles. The van der Waals surface area contributed by atoms with Crippen LogP contribution in [0.5, 0.6) is 0 Å². The number of fused-ring (bicyclic) bond motifs is 1. The zero-order valence-corrected chi connectivity index (χ0v) is 19.9. The van der Waals surface area contributed by atoms with Crippen molar-refractivity contribution in [3.05, 3.63) is 53.8 Å². The van der Waals surface area contributed by atoms with Crippen molar-refractivity contribution in [1.29, 1.82) is 0 Å². The summed E-state index contributed by atoms with van der Waals surface area (Å²) in [5.41, 5.74) is 1.56. The second-order valence-electron chi connectivity index (χ2n) is 7.20. The number of halogens is 2. The molecular weight excluding hydrogens is 441 g/mol. The molecule has 162 valence electrons. The Bertz CT molecular complexity index is 963. The Morgan fingerprint density at radius 2 is 1.87 bits per heavy atom. The van der Waals surface area contributed by atoms with Gasteiger partial charge in [-0.15, -0.1) is 24.2 Å². The van der Waals surface area contributed by atoms with E-state index < -0.39 is 0 Å². The van der Waals surface area contributed by atoms with E-state index in [4.69, 9.17) is 0 Å². The van der Waals surface area contributed by atoms with Crippen LogP contribution in [0.15, 0.2) is 47.4 Å². The molecule has 0 saturated heterocycles. The van der Waals surface area contributed by atoms with Crippen molar-refractivity contribution in [2.45, 2.75) is 24.7 Å². The molecule has 0 atom stereocenters. The zero-order valence-electron chi connectivity index (χ0n) is 17.4. The number of carbonyl (C=O) groups excluding carboxylic acids is 1. The normalized spacial score (nSPS) is 11.0. The number of benzene rings is 2. The van der Waals surface area contributed by atoms with Crippen LogP contribution in [0.25, 0.3) is 10.2 Å². The van der Waals surface area contributed by atoms with Crippen LogP contribution in [0.4, 0.5) is 9.52 Å². The van der Waals surface area contributed by atoms with Gasteiger partial charge in [-0.25, -0.2) is 9.37 Å². The van der Waals surface area contributed by atoms with E-state index in [1.54, 1.807) is 22.7 Å². The van der Waals surface area contributed by atoms with Gasteiger partial charge >= 0.3 is 0 Å². The minimum Gasteiger partial charge on any atom is -0.309 e. The van der Waals surface area contributed by atoms with Crippen LogP contribution in [-0.2, 0) is 4.79 Å². The van der Waals surface area contributed by atoms with E-state index in [1.165, 1.54) is 23.0 Å². The van der Waals surface area contributed by atoms with E-state index in [2.05, 4.69) is 41.1 Å². The summed E-state index contributed by atoms with van der Waals surface area (Å²) in [5, 5.41) is 0.578. The second kappa shape index (κ2) is 11.6. The van der Waals surface area contributed by atoms with Crippen LogP contribution >= 0.6 is 35.5 Å². The van der Waals surface area contributed by atoms with Gasteiger partial charge in [0.25, 0.3) is 0 Å². The summed E-state index contributed by atoms with van der Waals surface area (Å²) in [6.07, 6.45) is 1.25. The first-order chi connectivity index (χ1) is 13.9. The Morgan fingerprint density at radius 1 is 1.13 bits per heavy atom. The predicted molar refractivity (Wildman–Crippen MR) is 129 cm³/mol. The lowest BCUT2D eigenvalue weighted by atomic mass is 10.2. The largest absolute Gasteiger partial charge is 0.309 e. The van der Waals surface area contributed by atoms with Gasteiger partial charge in [-0.3, -0.25) is 9.69 Å². The van der Waals surface area contributed by atoms with Crippen LogP contribution in [0, 0.1) is 12.7 Å². The minimum absolute atomic E-state index is 0. The molecule has 3 rings (SSSR count). The maximum absolute atomic E-state index is 14.1. The van der Waals surface area contributed by atoms with Gasteiger partial charge in [-0.1, -0.05) is 35.1 Å². The van der Waals surface area contributed by atoms with Crippen molar-refractivity contribution >= 4 is 56.8 Å². The van der Waals surface area contributed by atoms with Crippen LogP contribution in [0.2, 0.25) is 0 Å². The Labute approximate surface area is 191 Å². The molecule has 0 spiro atoms. The lowest BCUT2D eigenvalue weighted by Crippen LogP contribution is -2.33. The molecule has 0 aliphatic heterocycles. The van der Waals surface area contributed by atoms with E-state index in [-0.39, 0.29) is 24.1 Å². The number of carbonyl (C=O) groups is 1. The van der Waals surface area contributed by atoms with Crippen molar-refractivity contribution in [2.24, 2.45) is 0 Å². The fraction of sp³-hybridized carbons (Fsp3) is 0.364. The highest BCUT2D eigenvalue weighted by atomic mass is 35.5. The number of hydrogen-bond donors (Lipinski definition) is 0. The van der Waals surface area contributed by atoms with Gasteiger partial charge in [0.1, 0.15) is 11.3 Å². The monoisotopic (exact) mass is 467 g/mol. The zero-order chi connectivity index (χ0) is 20.8. The maximum Gasteiger partial charge on any atom is 0.229 e. The molecule has 2 aromatic carbocycles. The lowest BCUT2D eigenvalue weighted by molar-refractivity contribution is -0.118. The highest BCUT2D eigenvalue weighted by molar-refractivity contribution is 7.99. The molecule has 0 radical (unpaired) electrons. The van der Waals surface area contributed by atoms with Gasteiger partial charge in [0.2, 0.25) is 5.91 Å². The summed E-state index contributed by atoms with van der Waals surface area (Å²) in [6.45, 7) is 3.51. The highest BCUT2D eigenvalue weighted by Crippen LogP contribution is 2.31. The number of aryl methyl sites for hydroxylation is 1. The number of hydrogen-bond acceptors (Lipinski definition) is 5. The van der Waals surface area contributed by atoms with E-state index in [0.717, 1.165) is 22.6 Å². The van der Waals surface area contributed by atoms with E-state index in [9.17, 15) is 9.18 Å². The van der Waals surface area contributed by atoms with Gasteiger partial charge in [-0.05, 0) is 58.3 Å². The van der Waals surface area contributed by atoms with Gasteiger partial charge in [0.05, 0.1) is 4.70 Å². The van der Waals surface area contributed by atoms with E-state index in [0.29, 0.717) is 29.4 Å². The fourth-order valence-electron chi connectivity index (χ4n) is 2.92. The number of nitrogens with zero attached hydrogens (tertiary/aromatic N) is 3. The first kappa shape index (κ1) is 24.6. The van der Waals surface area contributed by atoms with Gasteiger partial charge in [0.15, 0.2) is 5.13 Å². The predicted octanol–water partition coefficient (Wildman–Crippen LogP) is 5.63. The summed E-state index contributed by atoms with van der Waals surface area (Å²) in [6, 6.07) is 13.2. The Hall–Kier alpha value is -1.67. The molecule has 0 N–H and O–H groups in total. The van der Waals surface area contributed by atoms with E-state index >= 15 is 0 Å². The number of rotatable bonds is 9. The third-order valence-corrected chi connectivity index (χ3v) is 6.54. The van der Waals surface area contributed by atoms with Crippen LogP contribution in [0.1, 0.15) is 18.4 Å². The average molecular weight is 468 g/mol. The average Bonchev–Trinajstić information content (AvgIpc) is 3.12. The molecule has 1 aromatic heterocycles. The summed E-state index contributed by atoms with van der Waals surface area (Å²) >= 11 is 3.05. The maximum atomic E-state index is 14.1. The van der Waals surface area contributed by atoms with Crippen LogP contribution in [-0.4, -0.2) is 48.7 Å². The van der Waals surface area contributed by atoms with Gasteiger partial charge in [-0.2, -0.15) is 0 Å². The van der Waals surface area contributed by atoms with Crippen molar-refractivity contribution in [3.8, 4) is 0 Å². The Morgan fingerprint density at radius 3 is 2.53 bits per heavy atom. The quantitative estimate of drug-likeness (QED) is 0.382. The van der Waals surface area contributed by atoms with E-state index in [1.807, 2.05) is 20.2 Å². The topological polar surface area (TPSA) is 36.4 Å². The van der Waals surface area contributed by atoms with Crippen molar-refractivity contribution in [3.63, 3.8) is 0 Å². The highest BCUT2D eigenvalue weighted by Gasteiger charge is 2.20. The SMILES string of the molecule is Cc1ccc(SCCC(=O)N(CCCN(C)C)c2nc3c(F)cccc3s2)cc1.Cl. The molecule has 0 aliphatic carbocycles. The Balaban J connectivity index is 0.00000320. The summed E-state index contributed by atoms with van der Waals surface area (Å²) < 4.78 is 14.8. The number of aromatic nitrogens is 1. The third-order valence-electron chi connectivity index (χ3n) is 4.48. The number of para-hydroxylation sites is 1. The number of thioether (sulfide) groups is 1. The van der Waals surface area contributed by atoms with Crippen LogP contribution in [0.3, 0.4) is 0 Å². The summed E-state index contributed by atoms with van der Waals surface area (Å²) in [4.78, 5) is 22.4. The van der Waals surface area contributed by atoms with Crippen molar-refractivity contribution in [1.82, 2.24) is 9.88 Å². The Kier molecular flexibility index (Phi) is 9.55. The minimum atomic E-state index is -0.347. The third kappa shape index (κ3) is 6.67. The molecule has 3 aromatic rings. The molecule has 0 fully saturated rings. The molecule has 1 amide bonds. The molecular formula is C22H27ClFN3OS2. The van der Waals surface area contributed by atoms with Gasteiger partial charge < -0.3 is 4.90 Å². The second-order valence-corrected chi connectivity index (χ2v) is 9.37. The first-order valence-corrected chi connectivity index (χ1v) is 11.4.